The standard InChI is InChI=1S/C7H12N2O/c1-6-8-4-7(2-3-10)5-9-6/h3-4,6-7,9H,2,5H2,1H3/t6-,7?/m0/s1. The Labute approximate surface area is 60.5 Å². The summed E-state index contributed by atoms with van der Waals surface area (Å²) in [4.78, 5) is 14.2. The average molecular weight is 140 g/mol. The number of carbonyl (C=O) groups excluding carboxylic acids is 1. The summed E-state index contributed by atoms with van der Waals surface area (Å²) in [5, 5.41) is 3.16. The Kier molecular flexibility index (Phi) is 2.57. The van der Waals surface area contributed by atoms with Crippen LogP contribution in [0, 0.1) is 5.92 Å². The predicted molar refractivity (Wildman–Crippen MR) is 40.1 cm³/mol. The molecule has 1 rings (SSSR count). The highest BCUT2D eigenvalue weighted by Gasteiger charge is 2.11. The lowest BCUT2D eigenvalue weighted by molar-refractivity contribution is -0.108. The van der Waals surface area contributed by atoms with Gasteiger partial charge in [-0.2, -0.15) is 0 Å². The second-order valence-corrected chi connectivity index (χ2v) is 2.54. The van der Waals surface area contributed by atoms with E-state index in [1.807, 2.05) is 13.1 Å². The van der Waals surface area contributed by atoms with Crippen LogP contribution in [0.1, 0.15) is 13.3 Å². The van der Waals surface area contributed by atoms with Crippen molar-refractivity contribution in [3.63, 3.8) is 0 Å². The molecule has 2 atom stereocenters. The fraction of sp³-hybridized carbons (Fsp3) is 0.714. The molecule has 0 aliphatic carbocycles. The third-order valence-electron chi connectivity index (χ3n) is 1.59. The van der Waals surface area contributed by atoms with Crippen molar-refractivity contribution in [3.8, 4) is 0 Å². The quantitative estimate of drug-likeness (QED) is 0.557. The molecule has 1 unspecified atom stereocenters. The summed E-state index contributed by atoms with van der Waals surface area (Å²) in [6, 6.07) is 0. The van der Waals surface area contributed by atoms with E-state index in [0.717, 1.165) is 12.8 Å². The van der Waals surface area contributed by atoms with Crippen molar-refractivity contribution >= 4 is 12.5 Å². The van der Waals surface area contributed by atoms with E-state index in [4.69, 9.17) is 0 Å². The maximum atomic E-state index is 10.1. The molecule has 1 aliphatic heterocycles. The van der Waals surface area contributed by atoms with Gasteiger partial charge in [0.25, 0.3) is 0 Å². The molecule has 56 valence electrons. The maximum Gasteiger partial charge on any atom is 0.120 e. The van der Waals surface area contributed by atoms with Crippen LogP contribution < -0.4 is 5.32 Å². The number of hydrogen-bond donors (Lipinski definition) is 1. The minimum Gasteiger partial charge on any atom is -0.303 e. The summed E-state index contributed by atoms with van der Waals surface area (Å²) in [6.07, 6.45) is 3.62. The van der Waals surface area contributed by atoms with Gasteiger partial charge in [0.2, 0.25) is 0 Å². The molecule has 0 spiro atoms. The smallest absolute Gasteiger partial charge is 0.120 e. The van der Waals surface area contributed by atoms with Crippen LogP contribution >= 0.6 is 0 Å². The van der Waals surface area contributed by atoms with Crippen molar-refractivity contribution in [1.82, 2.24) is 5.32 Å². The molecule has 0 amide bonds. The summed E-state index contributed by atoms with van der Waals surface area (Å²) in [7, 11) is 0. The molecular formula is C7H12N2O. The molecule has 0 aromatic rings. The van der Waals surface area contributed by atoms with Gasteiger partial charge in [0.05, 0.1) is 6.17 Å². The van der Waals surface area contributed by atoms with Crippen LogP contribution in [-0.2, 0) is 4.79 Å². The lowest BCUT2D eigenvalue weighted by Crippen LogP contribution is -2.35. The third kappa shape index (κ3) is 1.92. The Balaban J connectivity index is 2.37. The van der Waals surface area contributed by atoms with E-state index in [1.54, 1.807) is 0 Å². The molecule has 1 aliphatic rings. The maximum absolute atomic E-state index is 10.1. The van der Waals surface area contributed by atoms with E-state index in [2.05, 4.69) is 10.3 Å². The van der Waals surface area contributed by atoms with E-state index in [-0.39, 0.29) is 6.17 Å². The summed E-state index contributed by atoms with van der Waals surface area (Å²) in [5.74, 6) is 0.314. The molecule has 0 fully saturated rings. The van der Waals surface area contributed by atoms with Crippen LogP contribution in [0.5, 0.6) is 0 Å². The van der Waals surface area contributed by atoms with Crippen molar-refractivity contribution in [1.29, 1.82) is 0 Å². The predicted octanol–water partition coefficient (Wildman–Crippen LogP) is 0.212. The summed E-state index contributed by atoms with van der Waals surface area (Å²) >= 11 is 0. The Morgan fingerprint density at radius 2 is 2.70 bits per heavy atom. The zero-order valence-electron chi connectivity index (χ0n) is 6.08. The Morgan fingerprint density at radius 3 is 3.20 bits per heavy atom. The molecule has 0 radical (unpaired) electrons. The molecule has 3 heteroatoms. The van der Waals surface area contributed by atoms with Gasteiger partial charge in [0.1, 0.15) is 6.29 Å². The number of nitrogens with zero attached hydrogens (tertiary/aromatic N) is 1. The molecule has 0 saturated heterocycles. The van der Waals surface area contributed by atoms with Gasteiger partial charge in [-0.15, -0.1) is 0 Å². The Bertz CT molecular complexity index is 145. The molecule has 10 heavy (non-hydrogen) atoms. The number of nitrogens with one attached hydrogen (secondary N) is 1. The van der Waals surface area contributed by atoms with E-state index in [1.165, 1.54) is 0 Å². The summed E-state index contributed by atoms with van der Waals surface area (Å²) in [6.45, 7) is 2.87. The molecule has 3 nitrogen and oxygen atoms in total. The minimum absolute atomic E-state index is 0.225. The van der Waals surface area contributed by atoms with Crippen molar-refractivity contribution in [3.05, 3.63) is 0 Å². The normalized spacial score (nSPS) is 32.1. The van der Waals surface area contributed by atoms with Gasteiger partial charge in [0, 0.05) is 25.1 Å². The van der Waals surface area contributed by atoms with Crippen LogP contribution in [0.4, 0.5) is 0 Å². The van der Waals surface area contributed by atoms with Crippen LogP contribution in [0.2, 0.25) is 0 Å². The average Bonchev–Trinajstić information content (AvgIpc) is 1.95. The SMILES string of the molecule is C[C@H]1N=CC(CC=O)CN1. The second kappa shape index (κ2) is 3.46. The molecule has 1 N–H and O–H groups in total. The molecular weight excluding hydrogens is 128 g/mol. The van der Waals surface area contributed by atoms with Gasteiger partial charge < -0.3 is 4.79 Å². The zero-order valence-corrected chi connectivity index (χ0v) is 6.08. The summed E-state index contributed by atoms with van der Waals surface area (Å²) < 4.78 is 0. The van der Waals surface area contributed by atoms with Crippen LogP contribution in [0.3, 0.4) is 0 Å². The van der Waals surface area contributed by atoms with E-state index in [9.17, 15) is 4.79 Å². The number of aldehydes is 1. The van der Waals surface area contributed by atoms with Crippen LogP contribution in [0.15, 0.2) is 4.99 Å². The van der Waals surface area contributed by atoms with Gasteiger partial charge in [0.15, 0.2) is 0 Å². The fourth-order valence-corrected chi connectivity index (χ4v) is 0.946. The first-order chi connectivity index (χ1) is 4.83. The van der Waals surface area contributed by atoms with E-state index < -0.39 is 0 Å². The third-order valence-corrected chi connectivity index (χ3v) is 1.59. The zero-order chi connectivity index (χ0) is 7.40. The highest BCUT2D eigenvalue weighted by molar-refractivity contribution is 5.67. The number of carbonyl (C=O) groups is 1. The van der Waals surface area contributed by atoms with Crippen molar-refractivity contribution in [2.24, 2.45) is 10.9 Å². The van der Waals surface area contributed by atoms with E-state index >= 15 is 0 Å². The molecule has 0 aromatic carbocycles. The number of rotatable bonds is 2. The topological polar surface area (TPSA) is 41.5 Å². The highest BCUT2D eigenvalue weighted by Crippen LogP contribution is 2.02. The van der Waals surface area contributed by atoms with Gasteiger partial charge in [-0.3, -0.25) is 10.3 Å². The number of aliphatic imine (C=N–C) groups is 1. The van der Waals surface area contributed by atoms with Gasteiger partial charge in [-0.05, 0) is 6.92 Å². The van der Waals surface area contributed by atoms with Gasteiger partial charge in [-0.25, -0.2) is 0 Å². The molecule has 0 bridgehead atoms. The van der Waals surface area contributed by atoms with Crippen molar-refractivity contribution < 1.29 is 4.79 Å². The minimum atomic E-state index is 0.225. The molecule has 1 heterocycles. The van der Waals surface area contributed by atoms with Gasteiger partial charge >= 0.3 is 0 Å². The van der Waals surface area contributed by atoms with Crippen molar-refractivity contribution in [2.45, 2.75) is 19.5 Å². The van der Waals surface area contributed by atoms with Crippen LogP contribution in [0.25, 0.3) is 0 Å². The van der Waals surface area contributed by atoms with Crippen molar-refractivity contribution in [2.75, 3.05) is 6.54 Å². The first kappa shape index (κ1) is 7.41. The second-order valence-electron chi connectivity index (χ2n) is 2.54. The number of hydrogen-bond acceptors (Lipinski definition) is 3. The Hall–Kier alpha value is -0.700. The fourth-order valence-electron chi connectivity index (χ4n) is 0.946. The molecule has 0 aromatic heterocycles. The largest absolute Gasteiger partial charge is 0.303 e. The molecule has 0 saturated carbocycles. The van der Waals surface area contributed by atoms with Gasteiger partial charge in [-0.1, -0.05) is 0 Å². The lowest BCUT2D eigenvalue weighted by atomic mass is 10.1. The lowest BCUT2D eigenvalue weighted by Gasteiger charge is -2.19. The monoisotopic (exact) mass is 140 g/mol. The first-order valence-corrected chi connectivity index (χ1v) is 3.53. The summed E-state index contributed by atoms with van der Waals surface area (Å²) in [5.41, 5.74) is 0. The van der Waals surface area contributed by atoms with E-state index in [0.29, 0.717) is 12.3 Å². The first-order valence-electron chi connectivity index (χ1n) is 3.53. The Morgan fingerprint density at radius 1 is 1.90 bits per heavy atom. The van der Waals surface area contributed by atoms with Crippen LogP contribution in [-0.4, -0.2) is 25.2 Å². The highest BCUT2D eigenvalue weighted by atomic mass is 16.1.